The Labute approximate surface area is 348 Å². The molecule has 9 aromatic rings. The van der Waals surface area contributed by atoms with Gasteiger partial charge in [-0.3, -0.25) is 4.57 Å². The quantitative estimate of drug-likeness (QED) is 0.0924. The molecule has 1 aliphatic rings. The van der Waals surface area contributed by atoms with Crippen LogP contribution in [0.3, 0.4) is 0 Å². The molecular formula is C52H40BN3O. The van der Waals surface area contributed by atoms with Crippen molar-refractivity contribution in [1.82, 2.24) is 14.1 Å². The Kier molecular flexibility index (Phi) is 6.18. The van der Waals surface area contributed by atoms with Gasteiger partial charge in [0.1, 0.15) is 23.0 Å². The number of rotatable bonds is 7. The van der Waals surface area contributed by atoms with Crippen molar-refractivity contribution in [2.45, 2.75) is 26.2 Å². The molecule has 0 radical (unpaired) electrons. The van der Waals surface area contributed by atoms with Crippen LogP contribution in [-0.2, 0) is 5.41 Å². The Hall–Kier alpha value is -6.98. The van der Waals surface area contributed by atoms with Crippen LogP contribution in [0.25, 0.3) is 49.9 Å². The third-order valence-corrected chi connectivity index (χ3v) is 10.5. The molecule has 1 aliphatic heterocycles. The third kappa shape index (κ3) is 6.22. The van der Waals surface area contributed by atoms with Gasteiger partial charge >= 0.3 is 0 Å². The Bertz CT molecular complexity index is 3440. The number of nitrogens with zero attached hydrogens (tertiary/aromatic N) is 3. The summed E-state index contributed by atoms with van der Waals surface area (Å²) >= 11 is 0. The second-order valence-corrected chi connectivity index (χ2v) is 15.0. The lowest BCUT2D eigenvalue weighted by Crippen LogP contribution is -2.41. The van der Waals surface area contributed by atoms with Crippen LogP contribution in [0.5, 0.6) is 11.5 Å². The maximum atomic E-state index is 9.00. The van der Waals surface area contributed by atoms with E-state index in [1.165, 1.54) is 0 Å². The van der Waals surface area contributed by atoms with Crippen LogP contribution >= 0.6 is 0 Å². The van der Waals surface area contributed by atoms with Crippen molar-refractivity contribution >= 4 is 56.9 Å². The lowest BCUT2D eigenvalue weighted by atomic mass is 9.42. The molecule has 0 spiro atoms. The van der Waals surface area contributed by atoms with Gasteiger partial charge in [0.05, 0.1) is 36.5 Å². The molecule has 0 bridgehead atoms. The first-order valence-electron chi connectivity index (χ1n) is 23.8. The number of hydrogen-bond donors (Lipinski definition) is 0. The Morgan fingerprint density at radius 2 is 1.32 bits per heavy atom. The number of fused-ring (bicyclic) bond motifs is 4. The molecule has 0 atom stereocenters. The summed E-state index contributed by atoms with van der Waals surface area (Å²) in [6.45, 7) is 6.01. The Morgan fingerprint density at radius 3 is 2.07 bits per heavy atom. The van der Waals surface area contributed by atoms with Gasteiger partial charge in [0.25, 0.3) is 0 Å². The van der Waals surface area contributed by atoms with Crippen molar-refractivity contribution in [3.8, 4) is 39.6 Å². The second-order valence-electron chi connectivity index (χ2n) is 15.0. The van der Waals surface area contributed by atoms with E-state index in [1.54, 1.807) is 22.8 Å². The summed E-state index contributed by atoms with van der Waals surface area (Å²) < 4.78 is 97.4. The number of hydrogen-bond acceptors (Lipinski definition) is 2. The molecule has 0 fully saturated rings. The van der Waals surface area contributed by atoms with Crippen molar-refractivity contribution in [2.24, 2.45) is 0 Å². The zero-order valence-electron chi connectivity index (χ0n) is 41.5. The van der Waals surface area contributed by atoms with E-state index >= 15 is 0 Å². The van der Waals surface area contributed by atoms with E-state index in [0.29, 0.717) is 17.2 Å². The van der Waals surface area contributed by atoms with Gasteiger partial charge in [0, 0.05) is 23.0 Å². The first kappa shape index (κ1) is 25.2. The van der Waals surface area contributed by atoms with Crippen LogP contribution < -0.4 is 20.2 Å². The molecule has 0 saturated carbocycles. The molecule has 4 nitrogen and oxygen atoms in total. The minimum Gasteiger partial charge on any atom is -0.457 e. The lowest BCUT2D eigenvalue weighted by Gasteiger charge is -2.20. The highest BCUT2D eigenvalue weighted by molar-refractivity contribution is 7.06. The summed E-state index contributed by atoms with van der Waals surface area (Å²) in [5.41, 5.74) is 5.68. The Balaban J connectivity index is 1.12. The fourth-order valence-electron chi connectivity index (χ4n) is 7.76. The molecule has 7 aromatic carbocycles. The zero-order chi connectivity index (χ0) is 47.2. The SMILES string of the molecule is [2H]c1c([2H])c([2H])c(-c2cccc(-c3c([2H])c([2H])c([2H])c([2H])c3[2H])c2[N+]2=[C-]B(c3cccc(Oc4ccc5c6ccccc6n(-c6cc(C(C)(C)C)ccn6)c5c4)c3)c3ccccc32)c([2H])c1[2H]. The van der Waals surface area contributed by atoms with Crippen LogP contribution in [0.1, 0.15) is 40.0 Å². The summed E-state index contributed by atoms with van der Waals surface area (Å²) in [5.74, 6) is 1.97. The maximum absolute atomic E-state index is 9.00. The van der Waals surface area contributed by atoms with Crippen LogP contribution in [0, 0.1) is 0 Å². The van der Waals surface area contributed by atoms with E-state index in [0.717, 1.165) is 44.1 Å². The molecule has 5 heteroatoms. The van der Waals surface area contributed by atoms with Crippen molar-refractivity contribution in [3.63, 3.8) is 0 Å². The first-order valence-corrected chi connectivity index (χ1v) is 18.8. The lowest BCUT2D eigenvalue weighted by molar-refractivity contribution is 0.484. The zero-order valence-corrected chi connectivity index (χ0v) is 31.5. The highest BCUT2D eigenvalue weighted by Gasteiger charge is 2.31. The fraction of sp³-hybridized carbons (Fsp3) is 0.0769. The van der Waals surface area contributed by atoms with Crippen LogP contribution in [0.2, 0.25) is 0 Å². The van der Waals surface area contributed by atoms with E-state index < -0.39 is 67.1 Å². The maximum Gasteiger partial charge on any atom is 0.238 e. The summed E-state index contributed by atoms with van der Waals surface area (Å²) in [5, 5.41) is 2.14. The Morgan fingerprint density at radius 1 is 0.649 bits per heavy atom. The number of pyridine rings is 1. The van der Waals surface area contributed by atoms with Crippen molar-refractivity contribution in [2.75, 3.05) is 0 Å². The number of benzene rings is 7. The van der Waals surface area contributed by atoms with E-state index in [4.69, 9.17) is 23.4 Å². The number of ether oxygens (including phenoxy) is 1. The molecule has 272 valence electrons. The molecule has 0 amide bonds. The summed E-state index contributed by atoms with van der Waals surface area (Å²) in [4.78, 5) is 4.82. The molecule has 57 heavy (non-hydrogen) atoms. The number of para-hydroxylation sites is 3. The summed E-state index contributed by atoms with van der Waals surface area (Å²) in [6.07, 6.45) is 5.45. The molecule has 2 aromatic heterocycles. The average molecular weight is 744 g/mol. The summed E-state index contributed by atoms with van der Waals surface area (Å²) in [6, 6.07) is 33.5. The van der Waals surface area contributed by atoms with Crippen molar-refractivity contribution in [3.05, 3.63) is 194 Å². The molecular weight excluding hydrogens is 693 g/mol. The monoisotopic (exact) mass is 743 g/mol. The largest absolute Gasteiger partial charge is 0.457 e. The molecule has 3 heterocycles. The van der Waals surface area contributed by atoms with Crippen molar-refractivity contribution < 1.29 is 18.4 Å². The van der Waals surface area contributed by atoms with Gasteiger partial charge in [-0.25, -0.2) is 4.98 Å². The van der Waals surface area contributed by atoms with Crippen LogP contribution in [0.15, 0.2) is 188 Å². The van der Waals surface area contributed by atoms with Crippen LogP contribution in [0.4, 0.5) is 11.4 Å². The number of aromatic nitrogens is 2. The van der Waals surface area contributed by atoms with Gasteiger partial charge in [-0.2, -0.15) is 0 Å². The highest BCUT2D eigenvalue weighted by Crippen LogP contribution is 2.41. The predicted molar refractivity (Wildman–Crippen MR) is 239 cm³/mol. The van der Waals surface area contributed by atoms with Gasteiger partial charge < -0.3 is 9.31 Å². The summed E-state index contributed by atoms with van der Waals surface area (Å²) in [7, 11) is 0. The van der Waals surface area contributed by atoms with Gasteiger partial charge in [0.2, 0.25) is 6.71 Å². The van der Waals surface area contributed by atoms with Crippen LogP contribution in [-0.4, -0.2) is 22.4 Å². The minimum absolute atomic E-state index is 0.0815. The topological polar surface area (TPSA) is 30.1 Å². The molecule has 0 saturated heterocycles. The van der Waals surface area contributed by atoms with Gasteiger partial charge in [-0.05, 0) is 81.8 Å². The first-order chi connectivity index (χ1) is 32.0. The van der Waals surface area contributed by atoms with Gasteiger partial charge in [0.15, 0.2) is 0 Å². The van der Waals surface area contributed by atoms with Gasteiger partial charge in [-0.1, -0.05) is 159 Å². The molecule has 0 aliphatic carbocycles. The smallest absolute Gasteiger partial charge is 0.238 e. The van der Waals surface area contributed by atoms with E-state index in [9.17, 15) is 0 Å². The highest BCUT2D eigenvalue weighted by atomic mass is 16.5. The second kappa shape index (κ2) is 14.0. The van der Waals surface area contributed by atoms with E-state index in [1.807, 2.05) is 79.0 Å². The molecule has 10 rings (SSSR count). The van der Waals surface area contributed by atoms with Gasteiger partial charge in [-0.15, -0.1) is 0 Å². The standard InChI is InChI=1S/C52H40BN3O/c1-52(2,3)38-30-31-54-50(32-38)56-47-26-12-10-22-44(47)45-29-28-41(34-49(45)56)57-40-21-14-20-39(33-40)53-35-55(48-27-13-11-25-46(48)53)51-42(36-16-6-4-7-17-36)23-15-24-43(51)37-18-8-5-9-19-37/h4-34H,1-3H3/i4D,5D,6D,7D,8D,9D,16D,17D,18D,19D. The van der Waals surface area contributed by atoms with E-state index in [-0.39, 0.29) is 33.4 Å². The minimum atomic E-state index is -0.556. The molecule has 0 unspecified atom stereocenters. The predicted octanol–water partition coefficient (Wildman–Crippen LogP) is 11.5. The van der Waals surface area contributed by atoms with E-state index in [2.05, 4.69) is 61.8 Å². The fourth-order valence-corrected chi connectivity index (χ4v) is 7.76. The van der Waals surface area contributed by atoms with Crippen molar-refractivity contribution in [1.29, 1.82) is 0 Å². The average Bonchev–Trinajstić information content (AvgIpc) is 3.87. The third-order valence-electron chi connectivity index (χ3n) is 10.5. The normalized spacial score (nSPS) is 15.0. The molecule has 0 N–H and O–H groups in total.